The zero-order chi connectivity index (χ0) is 15.8. The topological polar surface area (TPSA) is 84.7 Å². The molecule has 0 radical (unpaired) electrons. The van der Waals surface area contributed by atoms with Gasteiger partial charge in [-0.05, 0) is 31.9 Å². The molecule has 4 rings (SSSR count). The molecule has 0 spiro atoms. The predicted molar refractivity (Wildman–Crippen MR) is 83.2 cm³/mol. The van der Waals surface area contributed by atoms with Gasteiger partial charge in [-0.3, -0.25) is 4.79 Å². The first kappa shape index (κ1) is 14.4. The molecule has 2 aliphatic rings. The van der Waals surface area contributed by atoms with Crippen LogP contribution in [0.2, 0.25) is 0 Å². The minimum absolute atomic E-state index is 0.0707. The van der Waals surface area contributed by atoms with Crippen LogP contribution in [-0.2, 0) is 9.53 Å². The van der Waals surface area contributed by atoms with Crippen molar-refractivity contribution in [2.45, 2.75) is 31.7 Å². The van der Waals surface area contributed by atoms with Gasteiger partial charge in [0.15, 0.2) is 11.5 Å². The van der Waals surface area contributed by atoms with Crippen molar-refractivity contribution < 1.29 is 9.53 Å². The third-order valence-electron chi connectivity index (χ3n) is 4.29. The van der Waals surface area contributed by atoms with E-state index in [-0.39, 0.29) is 11.9 Å². The van der Waals surface area contributed by atoms with Crippen molar-refractivity contribution >= 4 is 17.4 Å². The van der Waals surface area contributed by atoms with Crippen LogP contribution < -0.4 is 5.32 Å². The second kappa shape index (κ2) is 5.77. The Bertz CT molecular complexity index is 720. The number of carbonyl (C=O) groups excluding carboxylic acids is 1. The minimum atomic E-state index is -0.334. The third-order valence-corrected chi connectivity index (χ3v) is 4.29. The first-order chi connectivity index (χ1) is 11.2. The van der Waals surface area contributed by atoms with Crippen LogP contribution in [0.5, 0.6) is 0 Å². The van der Waals surface area contributed by atoms with Crippen molar-refractivity contribution in [1.82, 2.24) is 24.7 Å². The Morgan fingerprint density at radius 1 is 1.30 bits per heavy atom. The molecule has 0 aromatic carbocycles. The number of morpholine rings is 1. The molecule has 1 N–H and O–H groups in total. The number of hydrogen-bond acceptors (Lipinski definition) is 6. The van der Waals surface area contributed by atoms with E-state index in [1.807, 2.05) is 24.0 Å². The van der Waals surface area contributed by atoms with E-state index in [2.05, 4.69) is 20.6 Å². The monoisotopic (exact) mass is 316 g/mol. The first-order valence-electron chi connectivity index (χ1n) is 8.08. The molecule has 2 aromatic rings. The molecular weight excluding hydrogens is 296 g/mol. The molecule has 1 unspecified atom stereocenters. The fraction of sp³-hybridized carbons (Fsp3) is 0.600. The van der Waals surface area contributed by atoms with Crippen LogP contribution in [0.3, 0.4) is 0 Å². The summed E-state index contributed by atoms with van der Waals surface area (Å²) in [6.45, 7) is 4.36. The second-order valence-corrected chi connectivity index (χ2v) is 6.12. The average Bonchev–Trinajstić information content (AvgIpc) is 3.34. The van der Waals surface area contributed by atoms with Gasteiger partial charge in [-0.15, -0.1) is 15.3 Å². The van der Waals surface area contributed by atoms with Gasteiger partial charge in [-0.1, -0.05) is 0 Å². The molecule has 8 nitrogen and oxygen atoms in total. The van der Waals surface area contributed by atoms with Crippen molar-refractivity contribution in [1.29, 1.82) is 0 Å². The quantitative estimate of drug-likeness (QED) is 0.892. The highest BCUT2D eigenvalue weighted by atomic mass is 16.5. The lowest BCUT2D eigenvalue weighted by molar-refractivity contribution is -0.135. The van der Waals surface area contributed by atoms with Gasteiger partial charge in [0.25, 0.3) is 0 Å². The third kappa shape index (κ3) is 2.86. The molecule has 122 valence electrons. The first-order valence-corrected chi connectivity index (χ1v) is 8.08. The zero-order valence-corrected chi connectivity index (χ0v) is 13.1. The molecular formula is C15H20N6O2. The lowest BCUT2D eigenvalue weighted by Crippen LogP contribution is -2.47. The molecule has 0 bridgehead atoms. The molecule has 1 aliphatic heterocycles. The number of carbonyl (C=O) groups is 1. The average molecular weight is 316 g/mol. The lowest BCUT2D eigenvalue weighted by Gasteiger charge is -2.29. The number of nitrogens with one attached hydrogen (secondary N) is 1. The van der Waals surface area contributed by atoms with Gasteiger partial charge in [0.05, 0.1) is 13.2 Å². The van der Waals surface area contributed by atoms with Gasteiger partial charge in [0, 0.05) is 19.0 Å². The van der Waals surface area contributed by atoms with Crippen LogP contribution in [0.15, 0.2) is 12.1 Å². The summed E-state index contributed by atoms with van der Waals surface area (Å²) in [5, 5.41) is 16.1. The molecule has 1 aliphatic carbocycles. The Morgan fingerprint density at radius 2 is 2.09 bits per heavy atom. The number of aromatic nitrogens is 4. The van der Waals surface area contributed by atoms with Gasteiger partial charge in [-0.2, -0.15) is 4.52 Å². The summed E-state index contributed by atoms with van der Waals surface area (Å²) in [6.07, 6.45) is 2.29. The van der Waals surface area contributed by atoms with Crippen molar-refractivity contribution in [2.24, 2.45) is 0 Å². The SMILES string of the molecule is CC(Nc1ccc2nnc(C3CC3)n2n1)C(=O)N1CCOCC1. The molecule has 23 heavy (non-hydrogen) atoms. The van der Waals surface area contributed by atoms with Gasteiger partial charge < -0.3 is 15.0 Å². The van der Waals surface area contributed by atoms with Gasteiger partial charge >= 0.3 is 0 Å². The Kier molecular flexibility index (Phi) is 3.60. The molecule has 2 aromatic heterocycles. The summed E-state index contributed by atoms with van der Waals surface area (Å²) in [4.78, 5) is 14.3. The summed E-state index contributed by atoms with van der Waals surface area (Å²) < 4.78 is 7.07. The minimum Gasteiger partial charge on any atom is -0.378 e. The number of amides is 1. The summed E-state index contributed by atoms with van der Waals surface area (Å²) in [6, 6.07) is 3.38. The molecule has 2 fully saturated rings. The molecule has 1 saturated heterocycles. The maximum absolute atomic E-state index is 12.4. The van der Waals surface area contributed by atoms with Gasteiger partial charge in [-0.25, -0.2) is 0 Å². The number of hydrogen-bond donors (Lipinski definition) is 1. The zero-order valence-electron chi connectivity index (χ0n) is 13.1. The Hall–Kier alpha value is -2.22. The summed E-state index contributed by atoms with van der Waals surface area (Å²) in [5.41, 5.74) is 0.740. The Morgan fingerprint density at radius 3 is 2.83 bits per heavy atom. The van der Waals surface area contributed by atoms with E-state index in [1.165, 1.54) is 0 Å². The van der Waals surface area contributed by atoms with E-state index in [0.29, 0.717) is 38.0 Å². The smallest absolute Gasteiger partial charge is 0.244 e. The highest BCUT2D eigenvalue weighted by Gasteiger charge is 2.29. The van der Waals surface area contributed by atoms with Crippen LogP contribution in [0.25, 0.3) is 5.65 Å². The fourth-order valence-corrected chi connectivity index (χ4v) is 2.82. The largest absolute Gasteiger partial charge is 0.378 e. The summed E-state index contributed by atoms with van der Waals surface area (Å²) in [5.74, 6) is 2.12. The number of nitrogens with zero attached hydrogens (tertiary/aromatic N) is 5. The van der Waals surface area contributed by atoms with E-state index < -0.39 is 0 Å². The number of rotatable bonds is 4. The van der Waals surface area contributed by atoms with E-state index in [9.17, 15) is 4.79 Å². The van der Waals surface area contributed by atoms with E-state index >= 15 is 0 Å². The maximum atomic E-state index is 12.4. The lowest BCUT2D eigenvalue weighted by atomic mass is 10.2. The predicted octanol–water partition coefficient (Wildman–Crippen LogP) is 0.661. The molecule has 1 amide bonds. The standard InChI is InChI=1S/C15H20N6O2/c1-10(15(22)20-6-8-23-9-7-20)16-12-4-5-13-17-18-14(11-2-3-11)21(13)19-12/h4-5,10-11H,2-3,6-9H2,1H3,(H,16,19). The highest BCUT2D eigenvalue weighted by Crippen LogP contribution is 2.38. The molecule has 8 heteroatoms. The van der Waals surface area contributed by atoms with Crippen molar-refractivity contribution in [3.05, 3.63) is 18.0 Å². The van der Waals surface area contributed by atoms with Gasteiger partial charge in [0.2, 0.25) is 5.91 Å². The summed E-state index contributed by atoms with van der Waals surface area (Å²) >= 11 is 0. The second-order valence-electron chi connectivity index (χ2n) is 6.12. The number of anilines is 1. The number of fused-ring (bicyclic) bond motifs is 1. The Balaban J connectivity index is 1.50. The van der Waals surface area contributed by atoms with Crippen LogP contribution in [0, 0.1) is 0 Å². The fourth-order valence-electron chi connectivity index (χ4n) is 2.82. The molecule has 1 saturated carbocycles. The van der Waals surface area contributed by atoms with Crippen LogP contribution in [-0.4, -0.2) is 63.0 Å². The van der Waals surface area contributed by atoms with Gasteiger partial charge in [0.1, 0.15) is 11.9 Å². The molecule has 3 heterocycles. The van der Waals surface area contributed by atoms with Crippen molar-refractivity contribution in [2.75, 3.05) is 31.6 Å². The van der Waals surface area contributed by atoms with Crippen molar-refractivity contribution in [3.63, 3.8) is 0 Å². The van der Waals surface area contributed by atoms with E-state index in [0.717, 1.165) is 24.3 Å². The highest BCUT2D eigenvalue weighted by molar-refractivity contribution is 5.84. The van der Waals surface area contributed by atoms with Crippen LogP contribution >= 0.6 is 0 Å². The van der Waals surface area contributed by atoms with E-state index in [1.54, 1.807) is 4.52 Å². The maximum Gasteiger partial charge on any atom is 0.244 e. The van der Waals surface area contributed by atoms with Crippen molar-refractivity contribution in [3.8, 4) is 0 Å². The van der Waals surface area contributed by atoms with Crippen LogP contribution in [0.1, 0.15) is 31.5 Å². The van der Waals surface area contributed by atoms with E-state index in [4.69, 9.17) is 4.74 Å². The van der Waals surface area contributed by atoms with Crippen LogP contribution in [0.4, 0.5) is 5.82 Å². The Labute approximate surface area is 133 Å². The normalized spacial score (nSPS) is 19.8. The summed E-state index contributed by atoms with van der Waals surface area (Å²) in [7, 11) is 0. The number of ether oxygens (including phenoxy) is 1. The molecule has 1 atom stereocenters.